The molecule has 3 rings (SSSR count). The summed E-state index contributed by atoms with van der Waals surface area (Å²) in [6.07, 6.45) is 0.836. The van der Waals surface area contributed by atoms with Crippen molar-refractivity contribution in [2.24, 2.45) is 0 Å². The molecule has 1 aromatic carbocycles. The van der Waals surface area contributed by atoms with Crippen molar-refractivity contribution in [2.45, 2.75) is 22.7 Å². The largest absolute Gasteiger partial charge is 0.224 e. The Balaban J connectivity index is 2.04. The van der Waals surface area contributed by atoms with Crippen LogP contribution in [-0.2, 0) is 6.42 Å². The van der Waals surface area contributed by atoms with E-state index in [-0.39, 0.29) is 5.28 Å². The van der Waals surface area contributed by atoms with E-state index in [2.05, 4.69) is 19.3 Å². The lowest BCUT2D eigenvalue weighted by Crippen LogP contribution is -1.89. The van der Waals surface area contributed by atoms with E-state index in [1.54, 1.807) is 0 Å². The average molecular weight is 309 g/mol. The smallest absolute Gasteiger partial charge is 0.218 e. The Kier molecular flexibility index (Phi) is 3.63. The van der Waals surface area contributed by atoms with E-state index in [1.165, 1.54) is 23.3 Å². The summed E-state index contributed by atoms with van der Waals surface area (Å²) in [6, 6.07) is 7.79. The van der Waals surface area contributed by atoms with Crippen molar-refractivity contribution >= 4 is 45.8 Å². The molecular formula is C12H9ClN4S2. The summed E-state index contributed by atoms with van der Waals surface area (Å²) in [7, 11) is 0. The number of rotatable bonds is 3. The number of hydrogen-bond donors (Lipinski definition) is 0. The molecule has 96 valence electrons. The summed E-state index contributed by atoms with van der Waals surface area (Å²) in [5.74, 6) is 0.858. The van der Waals surface area contributed by atoms with Crippen LogP contribution in [-0.4, -0.2) is 19.3 Å². The van der Waals surface area contributed by atoms with Crippen LogP contribution in [0, 0.1) is 0 Å². The van der Waals surface area contributed by atoms with E-state index in [0.29, 0.717) is 0 Å². The lowest BCUT2D eigenvalue weighted by atomic mass is 10.2. The Bertz CT molecular complexity index is 729. The first-order valence-corrected chi connectivity index (χ1v) is 7.66. The molecule has 0 aliphatic rings. The van der Waals surface area contributed by atoms with Crippen LogP contribution in [0.3, 0.4) is 0 Å². The van der Waals surface area contributed by atoms with Gasteiger partial charge in [0, 0.05) is 11.8 Å². The quantitative estimate of drug-likeness (QED) is 0.543. The molecule has 0 N–H and O–H groups in total. The normalized spacial score (nSPS) is 11.1. The zero-order valence-electron chi connectivity index (χ0n) is 10.00. The second-order valence-corrected chi connectivity index (χ2v) is 6.07. The molecule has 19 heavy (non-hydrogen) atoms. The minimum atomic E-state index is 0.251. The van der Waals surface area contributed by atoms with Gasteiger partial charge in [0.05, 0.1) is 5.52 Å². The monoisotopic (exact) mass is 308 g/mol. The number of nitrogens with zero attached hydrogens (tertiary/aromatic N) is 4. The third-order valence-electron chi connectivity index (χ3n) is 2.49. The topological polar surface area (TPSA) is 51.6 Å². The van der Waals surface area contributed by atoms with Crippen molar-refractivity contribution in [3.05, 3.63) is 35.4 Å². The fourth-order valence-corrected chi connectivity index (χ4v) is 3.56. The summed E-state index contributed by atoms with van der Waals surface area (Å²) >= 11 is 8.81. The van der Waals surface area contributed by atoms with Gasteiger partial charge in [-0.2, -0.15) is 4.37 Å². The third kappa shape index (κ3) is 2.70. The maximum absolute atomic E-state index is 5.95. The molecule has 0 aliphatic carbocycles. The first kappa shape index (κ1) is 12.8. The highest BCUT2D eigenvalue weighted by molar-refractivity contribution is 8.01. The van der Waals surface area contributed by atoms with Crippen molar-refractivity contribution in [2.75, 3.05) is 0 Å². The predicted octanol–water partition coefficient (Wildman–Crippen LogP) is 3.85. The van der Waals surface area contributed by atoms with E-state index >= 15 is 0 Å². The van der Waals surface area contributed by atoms with Gasteiger partial charge in [0.1, 0.15) is 10.9 Å². The molecule has 3 aromatic rings. The van der Waals surface area contributed by atoms with Crippen molar-refractivity contribution < 1.29 is 0 Å². The maximum atomic E-state index is 5.95. The number of halogens is 1. The van der Waals surface area contributed by atoms with E-state index < -0.39 is 0 Å². The van der Waals surface area contributed by atoms with Crippen LogP contribution in [0.25, 0.3) is 10.9 Å². The highest BCUT2D eigenvalue weighted by Crippen LogP contribution is 2.33. The molecule has 0 fully saturated rings. The lowest BCUT2D eigenvalue weighted by Gasteiger charge is -2.03. The van der Waals surface area contributed by atoms with Gasteiger partial charge in [-0.05, 0) is 41.0 Å². The van der Waals surface area contributed by atoms with Gasteiger partial charge in [0.2, 0.25) is 5.28 Å². The van der Waals surface area contributed by atoms with Gasteiger partial charge in [-0.3, -0.25) is 0 Å². The second-order valence-electron chi connectivity index (χ2n) is 3.75. The molecule has 0 atom stereocenters. The molecule has 7 heteroatoms. The van der Waals surface area contributed by atoms with Crippen molar-refractivity contribution in [3.8, 4) is 0 Å². The van der Waals surface area contributed by atoms with E-state index in [9.17, 15) is 0 Å². The van der Waals surface area contributed by atoms with Crippen LogP contribution in [0.4, 0.5) is 0 Å². The van der Waals surface area contributed by atoms with Crippen LogP contribution in [0.5, 0.6) is 0 Å². The van der Waals surface area contributed by atoms with Crippen molar-refractivity contribution in [1.29, 1.82) is 0 Å². The highest BCUT2D eigenvalue weighted by Gasteiger charge is 2.11. The third-order valence-corrected chi connectivity index (χ3v) is 4.45. The molecule has 0 amide bonds. The van der Waals surface area contributed by atoms with E-state index in [0.717, 1.165) is 32.5 Å². The Morgan fingerprint density at radius 3 is 2.84 bits per heavy atom. The Morgan fingerprint density at radius 1 is 1.21 bits per heavy atom. The lowest BCUT2D eigenvalue weighted by molar-refractivity contribution is 0.970. The van der Waals surface area contributed by atoms with E-state index in [4.69, 9.17) is 11.6 Å². The van der Waals surface area contributed by atoms with Crippen LogP contribution >= 0.6 is 34.9 Å². The summed E-state index contributed by atoms with van der Waals surface area (Å²) < 4.78 is 5.14. The molecule has 0 bridgehead atoms. The number of hydrogen-bond acceptors (Lipinski definition) is 6. The molecule has 2 heterocycles. The SMILES string of the molecule is CCc1nsc(Sc2nc(Cl)nc3ccccc23)n1. The molecule has 0 aliphatic heterocycles. The Morgan fingerprint density at radius 2 is 2.05 bits per heavy atom. The fraction of sp³-hybridized carbons (Fsp3) is 0.167. The molecule has 4 nitrogen and oxygen atoms in total. The molecule has 0 saturated heterocycles. The second kappa shape index (κ2) is 5.40. The van der Waals surface area contributed by atoms with Crippen LogP contribution in [0.2, 0.25) is 5.28 Å². The molecule has 0 radical (unpaired) electrons. The summed E-state index contributed by atoms with van der Waals surface area (Å²) in [5.41, 5.74) is 0.838. The molecular weight excluding hydrogens is 300 g/mol. The van der Waals surface area contributed by atoms with Gasteiger partial charge in [0.15, 0.2) is 4.34 Å². The van der Waals surface area contributed by atoms with Crippen molar-refractivity contribution in [1.82, 2.24) is 19.3 Å². The fourth-order valence-electron chi connectivity index (χ4n) is 1.60. The molecule has 0 unspecified atom stereocenters. The highest BCUT2D eigenvalue weighted by atomic mass is 35.5. The van der Waals surface area contributed by atoms with Crippen LogP contribution < -0.4 is 0 Å². The molecule has 2 aromatic heterocycles. The first-order valence-electron chi connectivity index (χ1n) is 5.69. The summed E-state index contributed by atoms with van der Waals surface area (Å²) in [5, 5.41) is 2.04. The van der Waals surface area contributed by atoms with Gasteiger partial charge in [-0.25, -0.2) is 15.0 Å². The average Bonchev–Trinajstić information content (AvgIpc) is 2.86. The molecule has 0 spiro atoms. The van der Waals surface area contributed by atoms with Gasteiger partial charge >= 0.3 is 0 Å². The Labute approximate surface area is 123 Å². The number of aryl methyl sites for hydroxylation is 1. The van der Waals surface area contributed by atoms with Crippen LogP contribution in [0.15, 0.2) is 33.6 Å². The number of fused-ring (bicyclic) bond motifs is 1. The van der Waals surface area contributed by atoms with Gasteiger partial charge in [-0.1, -0.05) is 25.1 Å². The molecule has 0 saturated carbocycles. The minimum Gasteiger partial charge on any atom is -0.218 e. The summed E-state index contributed by atoms with van der Waals surface area (Å²) in [4.78, 5) is 12.9. The number of para-hydroxylation sites is 1. The first-order chi connectivity index (χ1) is 9.26. The summed E-state index contributed by atoms with van der Waals surface area (Å²) in [6.45, 7) is 2.04. The maximum Gasteiger partial charge on any atom is 0.224 e. The van der Waals surface area contributed by atoms with Crippen molar-refractivity contribution in [3.63, 3.8) is 0 Å². The standard InChI is InChI=1S/C12H9ClN4S2/c1-2-9-15-12(19-17-9)18-10-7-5-3-4-6-8(7)14-11(13)16-10/h3-6H,2H2,1H3. The Hall–Kier alpha value is -1.24. The zero-order chi connectivity index (χ0) is 13.2. The van der Waals surface area contributed by atoms with Gasteiger partial charge in [0.25, 0.3) is 0 Å². The van der Waals surface area contributed by atoms with E-state index in [1.807, 2.05) is 31.2 Å². The minimum absolute atomic E-state index is 0.251. The number of benzene rings is 1. The number of aromatic nitrogens is 4. The van der Waals surface area contributed by atoms with Gasteiger partial charge in [-0.15, -0.1) is 0 Å². The predicted molar refractivity (Wildman–Crippen MR) is 78.0 cm³/mol. The van der Waals surface area contributed by atoms with Crippen LogP contribution in [0.1, 0.15) is 12.7 Å². The van der Waals surface area contributed by atoms with Gasteiger partial charge < -0.3 is 0 Å². The zero-order valence-corrected chi connectivity index (χ0v) is 12.4.